The number of benzene rings is 2. The SMILES string of the molecule is Cc1ccc(NC(=O)C2CCC(N3C(=O)c4ccccc4C3=O)CC2)cc1Cl. The largest absolute Gasteiger partial charge is 0.326 e. The Bertz CT molecular complexity index is 929. The van der Waals surface area contributed by atoms with Gasteiger partial charge in [-0.1, -0.05) is 29.8 Å². The smallest absolute Gasteiger partial charge is 0.261 e. The van der Waals surface area contributed by atoms with E-state index in [-0.39, 0.29) is 29.7 Å². The quantitative estimate of drug-likeness (QED) is 0.780. The van der Waals surface area contributed by atoms with Gasteiger partial charge in [-0.05, 0) is 62.4 Å². The fourth-order valence-corrected chi connectivity index (χ4v) is 4.23. The molecule has 0 radical (unpaired) electrons. The molecule has 5 nitrogen and oxygen atoms in total. The van der Waals surface area contributed by atoms with E-state index in [9.17, 15) is 14.4 Å². The number of anilines is 1. The van der Waals surface area contributed by atoms with Crippen molar-refractivity contribution in [1.82, 2.24) is 4.90 Å². The molecule has 2 aliphatic rings. The Morgan fingerprint density at radius 3 is 2.18 bits per heavy atom. The van der Waals surface area contributed by atoms with Crippen molar-refractivity contribution in [3.63, 3.8) is 0 Å². The van der Waals surface area contributed by atoms with E-state index in [0.717, 1.165) is 5.56 Å². The van der Waals surface area contributed by atoms with Crippen LogP contribution in [0.15, 0.2) is 42.5 Å². The number of hydrogen-bond acceptors (Lipinski definition) is 3. The summed E-state index contributed by atoms with van der Waals surface area (Å²) in [7, 11) is 0. The molecule has 2 aromatic rings. The van der Waals surface area contributed by atoms with Gasteiger partial charge >= 0.3 is 0 Å². The molecule has 2 aromatic carbocycles. The van der Waals surface area contributed by atoms with Gasteiger partial charge in [0.05, 0.1) is 11.1 Å². The first-order valence-corrected chi connectivity index (χ1v) is 9.87. The number of hydrogen-bond donors (Lipinski definition) is 1. The van der Waals surface area contributed by atoms with Crippen LogP contribution in [0.25, 0.3) is 0 Å². The fourth-order valence-electron chi connectivity index (χ4n) is 4.05. The molecule has 3 amide bonds. The van der Waals surface area contributed by atoms with E-state index in [2.05, 4.69) is 5.32 Å². The molecule has 1 N–H and O–H groups in total. The topological polar surface area (TPSA) is 66.5 Å². The zero-order valence-corrected chi connectivity index (χ0v) is 16.3. The highest BCUT2D eigenvalue weighted by Crippen LogP contribution is 2.33. The minimum absolute atomic E-state index is 0.0410. The lowest BCUT2D eigenvalue weighted by Gasteiger charge is -2.32. The standard InChI is InChI=1S/C22H21ClN2O3/c1-13-6-9-15(12-19(13)23)24-20(26)14-7-10-16(11-8-14)25-21(27)17-4-2-3-5-18(17)22(25)28/h2-6,9,12,14,16H,7-8,10-11H2,1H3,(H,24,26). The highest BCUT2D eigenvalue weighted by Gasteiger charge is 2.41. The summed E-state index contributed by atoms with van der Waals surface area (Å²) >= 11 is 6.12. The molecule has 4 rings (SSSR count). The van der Waals surface area contributed by atoms with Crippen LogP contribution in [-0.2, 0) is 4.79 Å². The lowest BCUT2D eigenvalue weighted by atomic mass is 9.84. The van der Waals surface area contributed by atoms with Crippen molar-refractivity contribution < 1.29 is 14.4 Å². The van der Waals surface area contributed by atoms with Crippen molar-refractivity contribution in [1.29, 1.82) is 0 Å². The summed E-state index contributed by atoms with van der Waals surface area (Å²) in [6.45, 7) is 1.91. The van der Waals surface area contributed by atoms with Crippen LogP contribution in [0.1, 0.15) is 52.0 Å². The summed E-state index contributed by atoms with van der Waals surface area (Å²) in [6, 6.07) is 12.2. The molecule has 1 fully saturated rings. The van der Waals surface area contributed by atoms with Crippen molar-refractivity contribution in [2.45, 2.75) is 38.6 Å². The molecule has 6 heteroatoms. The molecule has 1 aliphatic heterocycles. The third-order valence-corrected chi connectivity index (χ3v) is 6.10. The molecule has 0 aromatic heterocycles. The van der Waals surface area contributed by atoms with E-state index in [1.807, 2.05) is 19.1 Å². The second-order valence-corrected chi connectivity index (χ2v) is 7.89. The van der Waals surface area contributed by atoms with Crippen LogP contribution in [0, 0.1) is 12.8 Å². The van der Waals surface area contributed by atoms with Crippen LogP contribution in [0.4, 0.5) is 5.69 Å². The van der Waals surface area contributed by atoms with Crippen molar-refractivity contribution >= 4 is 35.0 Å². The molecule has 1 heterocycles. The van der Waals surface area contributed by atoms with Gasteiger partial charge in [-0.3, -0.25) is 19.3 Å². The van der Waals surface area contributed by atoms with E-state index in [1.54, 1.807) is 30.3 Å². The average Bonchev–Trinajstić information content (AvgIpc) is 2.96. The zero-order chi connectivity index (χ0) is 19.8. The Morgan fingerprint density at radius 2 is 1.61 bits per heavy atom. The number of imide groups is 1. The molecule has 144 valence electrons. The zero-order valence-electron chi connectivity index (χ0n) is 15.6. The third-order valence-electron chi connectivity index (χ3n) is 5.70. The van der Waals surface area contributed by atoms with Gasteiger partial charge in [0.25, 0.3) is 11.8 Å². The van der Waals surface area contributed by atoms with Gasteiger partial charge < -0.3 is 5.32 Å². The molecule has 0 saturated heterocycles. The van der Waals surface area contributed by atoms with Gasteiger partial charge in [0, 0.05) is 22.7 Å². The van der Waals surface area contributed by atoms with Crippen LogP contribution in [-0.4, -0.2) is 28.7 Å². The molecule has 1 saturated carbocycles. The van der Waals surface area contributed by atoms with E-state index in [4.69, 9.17) is 11.6 Å². The van der Waals surface area contributed by atoms with Crippen LogP contribution >= 0.6 is 11.6 Å². The minimum atomic E-state index is -0.220. The summed E-state index contributed by atoms with van der Waals surface area (Å²) in [5, 5.41) is 3.54. The van der Waals surface area contributed by atoms with E-state index >= 15 is 0 Å². The molecule has 0 atom stereocenters. The highest BCUT2D eigenvalue weighted by molar-refractivity contribution is 6.31. The lowest BCUT2D eigenvalue weighted by Crippen LogP contribution is -2.43. The first kappa shape index (κ1) is 18.7. The second-order valence-electron chi connectivity index (χ2n) is 7.48. The molecular weight excluding hydrogens is 376 g/mol. The van der Waals surface area contributed by atoms with E-state index < -0.39 is 0 Å². The van der Waals surface area contributed by atoms with Crippen molar-refractivity contribution in [2.75, 3.05) is 5.32 Å². The average molecular weight is 397 g/mol. The van der Waals surface area contributed by atoms with Gasteiger partial charge in [0.2, 0.25) is 5.91 Å². The number of carbonyl (C=O) groups excluding carboxylic acids is 3. The first-order valence-electron chi connectivity index (χ1n) is 9.49. The lowest BCUT2D eigenvalue weighted by molar-refractivity contribution is -0.121. The number of fused-ring (bicyclic) bond motifs is 1. The Morgan fingerprint density at radius 1 is 1.00 bits per heavy atom. The molecule has 1 aliphatic carbocycles. The summed E-state index contributed by atoms with van der Waals surface area (Å²) in [5.74, 6) is -0.613. The predicted molar refractivity (Wildman–Crippen MR) is 108 cm³/mol. The second kappa shape index (κ2) is 7.40. The summed E-state index contributed by atoms with van der Waals surface area (Å²) in [5.41, 5.74) is 2.59. The van der Waals surface area contributed by atoms with E-state index in [0.29, 0.717) is 47.5 Å². The molecular formula is C22H21ClN2O3. The van der Waals surface area contributed by atoms with Crippen LogP contribution in [0.5, 0.6) is 0 Å². The molecule has 0 unspecified atom stereocenters. The minimum Gasteiger partial charge on any atom is -0.326 e. The predicted octanol–water partition coefficient (Wildman–Crippen LogP) is 4.44. The van der Waals surface area contributed by atoms with Crippen LogP contribution in [0.3, 0.4) is 0 Å². The maximum atomic E-state index is 12.6. The van der Waals surface area contributed by atoms with Gasteiger partial charge in [0.1, 0.15) is 0 Å². The van der Waals surface area contributed by atoms with Crippen molar-refractivity contribution in [3.8, 4) is 0 Å². The Hall–Kier alpha value is -2.66. The number of nitrogens with zero attached hydrogens (tertiary/aromatic N) is 1. The van der Waals surface area contributed by atoms with Crippen LogP contribution in [0.2, 0.25) is 5.02 Å². The number of nitrogens with one attached hydrogen (secondary N) is 1. The normalized spacial score (nSPS) is 21.6. The summed E-state index contributed by atoms with van der Waals surface area (Å²) in [6.07, 6.45) is 2.56. The maximum absolute atomic E-state index is 12.6. The molecule has 0 spiro atoms. The number of aryl methyl sites for hydroxylation is 1. The third kappa shape index (κ3) is 3.31. The van der Waals surface area contributed by atoms with E-state index in [1.165, 1.54) is 4.90 Å². The number of amides is 3. The summed E-state index contributed by atoms with van der Waals surface area (Å²) < 4.78 is 0. The highest BCUT2D eigenvalue weighted by atomic mass is 35.5. The Labute approximate surface area is 168 Å². The van der Waals surface area contributed by atoms with Crippen LogP contribution < -0.4 is 5.32 Å². The van der Waals surface area contributed by atoms with Crippen molar-refractivity contribution in [2.24, 2.45) is 5.92 Å². The monoisotopic (exact) mass is 396 g/mol. The molecule has 0 bridgehead atoms. The Balaban J connectivity index is 1.38. The van der Waals surface area contributed by atoms with Gasteiger partial charge in [0.15, 0.2) is 0 Å². The Kier molecular flexibility index (Phi) is 4.94. The molecule has 28 heavy (non-hydrogen) atoms. The summed E-state index contributed by atoms with van der Waals surface area (Å²) in [4.78, 5) is 39.3. The number of halogens is 1. The van der Waals surface area contributed by atoms with Gasteiger partial charge in [-0.25, -0.2) is 0 Å². The van der Waals surface area contributed by atoms with Gasteiger partial charge in [-0.15, -0.1) is 0 Å². The maximum Gasteiger partial charge on any atom is 0.261 e. The van der Waals surface area contributed by atoms with Crippen molar-refractivity contribution in [3.05, 3.63) is 64.2 Å². The van der Waals surface area contributed by atoms with Gasteiger partial charge in [-0.2, -0.15) is 0 Å². The fraction of sp³-hybridized carbons (Fsp3) is 0.318. The number of carbonyl (C=O) groups is 3. The first-order chi connectivity index (χ1) is 13.5. The number of rotatable bonds is 3.